The third-order valence-electron chi connectivity index (χ3n) is 5.77. The van der Waals surface area contributed by atoms with Gasteiger partial charge in [-0.15, -0.1) is 11.8 Å². The minimum atomic E-state index is -0.438. The summed E-state index contributed by atoms with van der Waals surface area (Å²) in [5, 5.41) is 9.38. The second-order valence-corrected chi connectivity index (χ2v) is 8.99. The monoisotopic (exact) mass is 435 g/mol. The van der Waals surface area contributed by atoms with Crippen molar-refractivity contribution in [1.82, 2.24) is 0 Å². The summed E-state index contributed by atoms with van der Waals surface area (Å²) >= 11 is 1.81. The molecule has 5 heteroatoms. The quantitative estimate of drug-likeness (QED) is 0.498. The van der Waals surface area contributed by atoms with Crippen molar-refractivity contribution in [2.24, 2.45) is 11.7 Å². The van der Waals surface area contributed by atoms with Gasteiger partial charge in [0.1, 0.15) is 0 Å². The van der Waals surface area contributed by atoms with Crippen LogP contribution >= 0.6 is 11.8 Å². The molecule has 3 N–H and O–H groups in total. The molecule has 0 amide bonds. The lowest BCUT2D eigenvalue weighted by Crippen LogP contribution is -2.38. The number of aliphatic hydroxyl groups excluding tert-OH is 1. The molecule has 1 aliphatic rings. The van der Waals surface area contributed by atoms with Crippen LogP contribution in [0.5, 0.6) is 0 Å². The number of hydrogen-bond acceptors (Lipinski definition) is 5. The van der Waals surface area contributed by atoms with E-state index in [2.05, 4.69) is 31.2 Å². The van der Waals surface area contributed by atoms with E-state index < -0.39 is 6.29 Å². The molecule has 0 aliphatic carbocycles. The number of aliphatic hydroxyl groups is 1. The van der Waals surface area contributed by atoms with Crippen LogP contribution < -0.4 is 5.73 Å². The number of ether oxygens (including phenoxy) is 2. The molecule has 31 heavy (non-hydrogen) atoms. The Morgan fingerprint density at radius 3 is 2.13 bits per heavy atom. The van der Waals surface area contributed by atoms with Gasteiger partial charge in [0.25, 0.3) is 0 Å². The number of thioether (sulfide) groups is 1. The summed E-state index contributed by atoms with van der Waals surface area (Å²) in [6.45, 7) is 2.74. The molecule has 3 aromatic carbocycles. The van der Waals surface area contributed by atoms with E-state index in [0.717, 1.165) is 28.0 Å². The molecule has 4 nitrogen and oxygen atoms in total. The highest BCUT2D eigenvalue weighted by Crippen LogP contribution is 2.43. The van der Waals surface area contributed by atoms with E-state index >= 15 is 0 Å². The van der Waals surface area contributed by atoms with E-state index in [1.165, 1.54) is 4.90 Å². The maximum atomic E-state index is 9.38. The normalized spacial score (nSPS) is 23.6. The van der Waals surface area contributed by atoms with Crippen molar-refractivity contribution in [3.8, 4) is 0 Å². The molecule has 162 valence electrons. The van der Waals surface area contributed by atoms with Crippen LogP contribution in [0.15, 0.2) is 83.8 Å². The summed E-state index contributed by atoms with van der Waals surface area (Å²) in [4.78, 5) is 1.23. The lowest BCUT2D eigenvalue weighted by molar-refractivity contribution is -0.268. The third-order valence-corrected chi connectivity index (χ3v) is 6.87. The summed E-state index contributed by atoms with van der Waals surface area (Å²) in [6.07, 6.45) is -0.505. The molecule has 1 heterocycles. The Bertz CT molecular complexity index is 947. The molecule has 1 saturated heterocycles. The van der Waals surface area contributed by atoms with Crippen molar-refractivity contribution in [2.45, 2.75) is 43.5 Å². The zero-order valence-electron chi connectivity index (χ0n) is 17.7. The van der Waals surface area contributed by atoms with E-state index in [4.69, 9.17) is 15.2 Å². The zero-order valence-corrected chi connectivity index (χ0v) is 18.5. The molecule has 1 aliphatic heterocycles. The standard InChI is InChI=1S/C26H29NO3S/c1-18-24(17-31-23-5-3-2-4-6-23)29-26(22-13-7-19(15-27)8-14-22)30-25(18)21-11-9-20(16-28)10-12-21/h2-14,18,24-26,28H,15-17,27H2,1H3/t18-,24+,25+,26+/m1/s1. The van der Waals surface area contributed by atoms with Crippen LogP contribution in [-0.2, 0) is 22.6 Å². The molecule has 0 bridgehead atoms. The van der Waals surface area contributed by atoms with E-state index in [0.29, 0.717) is 6.54 Å². The van der Waals surface area contributed by atoms with Crippen molar-refractivity contribution in [1.29, 1.82) is 0 Å². The lowest BCUT2D eigenvalue weighted by atomic mass is 9.91. The minimum Gasteiger partial charge on any atom is -0.392 e. The van der Waals surface area contributed by atoms with Gasteiger partial charge < -0.3 is 20.3 Å². The summed E-state index contributed by atoms with van der Waals surface area (Å²) in [7, 11) is 0. The van der Waals surface area contributed by atoms with Crippen LogP contribution in [0.4, 0.5) is 0 Å². The van der Waals surface area contributed by atoms with Gasteiger partial charge >= 0.3 is 0 Å². The molecule has 0 aromatic heterocycles. The van der Waals surface area contributed by atoms with E-state index in [-0.39, 0.29) is 24.7 Å². The third kappa shape index (κ3) is 5.37. The number of benzene rings is 3. The van der Waals surface area contributed by atoms with Crippen molar-refractivity contribution in [3.05, 3.63) is 101 Å². The predicted molar refractivity (Wildman–Crippen MR) is 124 cm³/mol. The predicted octanol–water partition coefficient (Wildman–Crippen LogP) is 5.22. The second-order valence-electron chi connectivity index (χ2n) is 7.89. The molecule has 1 fully saturated rings. The molecular weight excluding hydrogens is 406 g/mol. The van der Waals surface area contributed by atoms with Gasteiger partial charge in [0.15, 0.2) is 6.29 Å². The van der Waals surface area contributed by atoms with E-state index in [1.807, 2.05) is 66.4 Å². The zero-order chi connectivity index (χ0) is 21.6. The fourth-order valence-electron chi connectivity index (χ4n) is 3.82. The first kappa shape index (κ1) is 22.1. The molecule has 4 rings (SSSR count). The average molecular weight is 436 g/mol. The first-order chi connectivity index (χ1) is 15.2. The molecule has 0 saturated carbocycles. The molecule has 4 atom stereocenters. The first-order valence-corrected chi connectivity index (χ1v) is 11.6. The van der Waals surface area contributed by atoms with Gasteiger partial charge in [-0.3, -0.25) is 0 Å². The van der Waals surface area contributed by atoms with Crippen LogP contribution in [-0.4, -0.2) is 17.0 Å². The van der Waals surface area contributed by atoms with Crippen LogP contribution in [0.2, 0.25) is 0 Å². The molecule has 0 unspecified atom stereocenters. The van der Waals surface area contributed by atoms with Gasteiger partial charge in [0, 0.05) is 28.7 Å². The Morgan fingerprint density at radius 2 is 1.48 bits per heavy atom. The number of rotatable bonds is 7. The molecule has 0 spiro atoms. The second kappa shape index (κ2) is 10.4. The van der Waals surface area contributed by atoms with Gasteiger partial charge in [-0.05, 0) is 28.8 Å². The average Bonchev–Trinajstić information content (AvgIpc) is 2.84. The fraction of sp³-hybridized carbons (Fsp3) is 0.308. The fourth-order valence-corrected chi connectivity index (χ4v) is 4.90. The summed E-state index contributed by atoms with van der Waals surface area (Å²) in [5.41, 5.74) is 9.83. The van der Waals surface area contributed by atoms with E-state index in [1.54, 1.807) is 0 Å². The number of nitrogens with two attached hydrogens (primary N) is 1. The smallest absolute Gasteiger partial charge is 0.184 e. The summed E-state index contributed by atoms with van der Waals surface area (Å²) in [6, 6.07) is 26.6. The maximum absolute atomic E-state index is 9.38. The molecular formula is C26H29NO3S. The Balaban J connectivity index is 1.58. The van der Waals surface area contributed by atoms with Crippen molar-refractivity contribution in [3.63, 3.8) is 0 Å². The van der Waals surface area contributed by atoms with Crippen molar-refractivity contribution < 1.29 is 14.6 Å². The van der Waals surface area contributed by atoms with Crippen LogP contribution in [0.1, 0.15) is 41.6 Å². The van der Waals surface area contributed by atoms with Crippen molar-refractivity contribution >= 4 is 11.8 Å². The maximum Gasteiger partial charge on any atom is 0.184 e. The largest absolute Gasteiger partial charge is 0.392 e. The minimum absolute atomic E-state index is 0.0284. The Morgan fingerprint density at radius 1 is 0.839 bits per heavy atom. The van der Waals surface area contributed by atoms with Gasteiger partial charge in [-0.2, -0.15) is 0 Å². The van der Waals surface area contributed by atoms with E-state index in [9.17, 15) is 5.11 Å². The Labute approximate surface area is 188 Å². The first-order valence-electron chi connectivity index (χ1n) is 10.7. The molecule has 0 radical (unpaired) electrons. The molecule has 3 aromatic rings. The lowest BCUT2D eigenvalue weighted by Gasteiger charge is -2.41. The van der Waals surface area contributed by atoms with Gasteiger partial charge in [0.05, 0.1) is 18.8 Å². The topological polar surface area (TPSA) is 64.7 Å². The Kier molecular flexibility index (Phi) is 7.43. The van der Waals surface area contributed by atoms with Crippen LogP contribution in [0.25, 0.3) is 0 Å². The van der Waals surface area contributed by atoms with Gasteiger partial charge in [-0.1, -0.05) is 73.7 Å². The summed E-state index contributed by atoms with van der Waals surface area (Å²) in [5.74, 6) is 1.02. The van der Waals surface area contributed by atoms with Crippen LogP contribution in [0, 0.1) is 5.92 Å². The van der Waals surface area contributed by atoms with Gasteiger partial charge in [0.2, 0.25) is 0 Å². The van der Waals surface area contributed by atoms with Crippen molar-refractivity contribution in [2.75, 3.05) is 5.75 Å². The van der Waals surface area contributed by atoms with Gasteiger partial charge in [-0.25, -0.2) is 0 Å². The highest BCUT2D eigenvalue weighted by Gasteiger charge is 2.38. The van der Waals surface area contributed by atoms with Crippen LogP contribution in [0.3, 0.4) is 0 Å². The number of hydrogen-bond donors (Lipinski definition) is 2. The highest BCUT2D eigenvalue weighted by molar-refractivity contribution is 7.99. The Hall–Kier alpha value is -2.15. The summed E-state index contributed by atoms with van der Waals surface area (Å²) < 4.78 is 12.9. The highest BCUT2D eigenvalue weighted by atomic mass is 32.2. The SMILES string of the molecule is C[C@@H]1[C@H](CSc2ccccc2)O[C@H](c2ccc(CN)cc2)O[C@@H]1c1ccc(CO)cc1.